The van der Waals surface area contributed by atoms with E-state index >= 15 is 0 Å². The van der Waals surface area contributed by atoms with Gasteiger partial charge >= 0.3 is 11.9 Å². The Morgan fingerprint density at radius 2 is 1.05 bits per heavy atom. The number of nitrogens with zero attached hydrogens (tertiary/aromatic N) is 2. The Morgan fingerprint density at radius 3 is 1.39 bits per heavy atom. The van der Waals surface area contributed by atoms with Crippen LogP contribution in [0.15, 0.2) is 36.7 Å². The van der Waals surface area contributed by atoms with Gasteiger partial charge in [-0.15, -0.1) is 0 Å². The van der Waals surface area contributed by atoms with Crippen molar-refractivity contribution in [3.05, 3.63) is 59.2 Å². The van der Waals surface area contributed by atoms with Gasteiger partial charge in [-0.25, -0.2) is 0 Å². The van der Waals surface area contributed by atoms with Crippen molar-refractivity contribution in [1.82, 2.24) is 20.6 Å². The third kappa shape index (κ3) is 27.0. The summed E-state index contributed by atoms with van der Waals surface area (Å²) >= 11 is 0. The molecule has 3 N–H and O–H groups in total. The summed E-state index contributed by atoms with van der Waals surface area (Å²) in [6, 6.07) is 6.96. The van der Waals surface area contributed by atoms with Crippen molar-refractivity contribution in [3.8, 4) is 0 Å². The molecule has 0 saturated carbocycles. The van der Waals surface area contributed by atoms with Crippen LogP contribution < -0.4 is 10.6 Å². The first kappa shape index (κ1) is 53.4. The summed E-state index contributed by atoms with van der Waals surface area (Å²) in [6.07, 6.45) is 6.27. The lowest BCUT2D eigenvalue weighted by Gasteiger charge is -2.25. The SMILES string of the molecule is CC(C)COC(C)OCC(=O)CCc1ccc(CN[C@@H](CC(C)C)C(=O)OC(C)(C)C)cn1.CC(C)C[C@H](NCc1ccc(CCC(=O)CO)nc1)C(=O)OC(C)(C)C. The molecule has 0 bridgehead atoms. The lowest BCUT2D eigenvalue weighted by atomic mass is 10.0. The van der Waals surface area contributed by atoms with Gasteiger partial charge in [0.05, 0.1) is 6.61 Å². The van der Waals surface area contributed by atoms with Crippen LogP contribution in [0.1, 0.15) is 138 Å². The number of Topliss-reactive ketones (excluding diaryl/α,β-unsaturated/α-hetero) is 2. The molecule has 13 heteroatoms. The Hall–Kier alpha value is -3.62. The maximum absolute atomic E-state index is 12.5. The number of aliphatic hydroxyl groups is 1. The van der Waals surface area contributed by atoms with Gasteiger partial charge in [0, 0.05) is 49.7 Å². The second-order valence-corrected chi connectivity index (χ2v) is 18.3. The normalized spacial score (nSPS) is 13.4. The van der Waals surface area contributed by atoms with Gasteiger partial charge in [-0.1, -0.05) is 53.7 Å². The fourth-order valence-electron chi connectivity index (χ4n) is 5.38. The highest BCUT2D eigenvalue weighted by Gasteiger charge is 2.27. The molecule has 2 rings (SSSR count). The van der Waals surface area contributed by atoms with Gasteiger partial charge in [0.2, 0.25) is 0 Å². The largest absolute Gasteiger partial charge is 0.459 e. The van der Waals surface area contributed by atoms with Crippen LogP contribution in [0.25, 0.3) is 0 Å². The quantitative estimate of drug-likeness (QED) is 0.0698. The van der Waals surface area contributed by atoms with Gasteiger partial charge < -0.3 is 34.7 Å². The van der Waals surface area contributed by atoms with E-state index in [1.165, 1.54) is 0 Å². The first-order chi connectivity index (χ1) is 27.5. The Kier molecular flexibility index (Phi) is 24.7. The zero-order chi connectivity index (χ0) is 44.8. The van der Waals surface area contributed by atoms with Crippen molar-refractivity contribution in [3.63, 3.8) is 0 Å². The van der Waals surface area contributed by atoms with Gasteiger partial charge in [-0.05, 0) is 115 Å². The molecule has 0 aliphatic heterocycles. The van der Waals surface area contributed by atoms with E-state index in [1.807, 2.05) is 65.8 Å². The number of hydrogen-bond acceptors (Lipinski definition) is 13. The number of ether oxygens (including phenoxy) is 4. The van der Waals surface area contributed by atoms with Gasteiger partial charge in [0.25, 0.3) is 0 Å². The van der Waals surface area contributed by atoms with Crippen LogP contribution in [0.5, 0.6) is 0 Å². The zero-order valence-corrected chi connectivity index (χ0v) is 38.3. The second kappa shape index (κ2) is 27.3. The summed E-state index contributed by atoms with van der Waals surface area (Å²) in [4.78, 5) is 57.0. The minimum absolute atomic E-state index is 0.0245. The molecule has 2 aromatic heterocycles. The number of nitrogens with one attached hydrogen (secondary N) is 2. The smallest absolute Gasteiger partial charge is 0.323 e. The van der Waals surface area contributed by atoms with Crippen LogP contribution in [-0.2, 0) is 64.1 Å². The van der Waals surface area contributed by atoms with Crippen LogP contribution >= 0.6 is 0 Å². The molecule has 0 aliphatic carbocycles. The Labute approximate surface area is 354 Å². The lowest BCUT2D eigenvalue weighted by Crippen LogP contribution is -2.41. The maximum atomic E-state index is 12.5. The minimum atomic E-state index is -0.515. The summed E-state index contributed by atoms with van der Waals surface area (Å²) < 4.78 is 22.0. The predicted octanol–water partition coefficient (Wildman–Crippen LogP) is 6.89. The molecule has 334 valence electrons. The highest BCUT2D eigenvalue weighted by atomic mass is 16.7. The van der Waals surface area contributed by atoms with Crippen LogP contribution in [0.3, 0.4) is 0 Å². The summed E-state index contributed by atoms with van der Waals surface area (Å²) in [7, 11) is 0. The molecule has 0 spiro atoms. The fourth-order valence-corrected chi connectivity index (χ4v) is 5.38. The van der Waals surface area contributed by atoms with Crippen molar-refractivity contribution in [2.24, 2.45) is 17.8 Å². The molecule has 0 aromatic carbocycles. The monoisotopic (exact) mass is 829 g/mol. The second-order valence-electron chi connectivity index (χ2n) is 18.3. The van der Waals surface area contributed by atoms with Crippen molar-refractivity contribution < 1.29 is 43.2 Å². The van der Waals surface area contributed by atoms with E-state index in [9.17, 15) is 19.2 Å². The number of aliphatic hydroxyl groups excluding tert-OH is 1. The maximum Gasteiger partial charge on any atom is 0.323 e. The number of rotatable bonds is 25. The number of hydrogen-bond donors (Lipinski definition) is 3. The molecule has 1 unspecified atom stereocenters. The first-order valence-electron chi connectivity index (χ1n) is 21.1. The summed E-state index contributed by atoms with van der Waals surface area (Å²) in [5.41, 5.74) is 2.56. The molecule has 0 fully saturated rings. The number of esters is 2. The van der Waals surface area contributed by atoms with Crippen molar-refractivity contribution in [1.29, 1.82) is 0 Å². The summed E-state index contributed by atoms with van der Waals surface area (Å²) in [6.45, 7) is 26.7. The van der Waals surface area contributed by atoms with Gasteiger partial charge in [-0.3, -0.25) is 29.1 Å². The average Bonchev–Trinajstić information content (AvgIpc) is 3.14. The van der Waals surface area contributed by atoms with Crippen molar-refractivity contribution >= 4 is 23.5 Å². The van der Waals surface area contributed by atoms with E-state index in [1.54, 1.807) is 19.3 Å². The topological polar surface area (TPSA) is 175 Å². The highest BCUT2D eigenvalue weighted by Crippen LogP contribution is 2.16. The van der Waals surface area contributed by atoms with E-state index < -0.39 is 17.8 Å². The number of carbonyl (C=O) groups excluding carboxylic acids is 4. The molecule has 0 radical (unpaired) electrons. The predicted molar refractivity (Wildman–Crippen MR) is 230 cm³/mol. The van der Waals surface area contributed by atoms with E-state index in [4.69, 9.17) is 24.1 Å². The third-order valence-electron chi connectivity index (χ3n) is 8.31. The Balaban J connectivity index is 0.000000607. The van der Waals surface area contributed by atoms with Crippen LogP contribution in [0.4, 0.5) is 0 Å². The molecule has 59 heavy (non-hydrogen) atoms. The van der Waals surface area contributed by atoms with E-state index in [-0.39, 0.29) is 54.9 Å². The van der Waals surface area contributed by atoms with Crippen LogP contribution in [0, 0.1) is 17.8 Å². The Bertz CT molecular complexity index is 1510. The molecule has 2 heterocycles. The summed E-state index contributed by atoms with van der Waals surface area (Å²) in [5, 5.41) is 15.3. The molecule has 0 amide bonds. The molecule has 0 aliphatic rings. The lowest BCUT2D eigenvalue weighted by molar-refractivity contribution is -0.159. The zero-order valence-electron chi connectivity index (χ0n) is 38.3. The number of pyridine rings is 2. The van der Waals surface area contributed by atoms with Crippen molar-refractivity contribution in [2.45, 2.75) is 171 Å². The standard InChI is InChI=1S/C26H44N2O5.C20H32N2O4/c1-18(2)13-24(25(30)33-26(6,7)8)28-15-21-9-10-22(27-14-21)11-12-23(29)17-32-20(5)31-16-19(3)4;1-14(2)10-18(19(25)26-20(3,4)5)22-12-15-6-7-16(21-11-15)8-9-17(24)13-23/h9-10,14,18-20,24,28H,11-13,15-17H2,1-8H3;6-7,11,14,18,22-23H,8-10,12-13H2,1-5H3/t20?,24-;18-/m00/s1. The fraction of sp³-hybridized carbons (Fsp3) is 0.696. The van der Waals surface area contributed by atoms with Gasteiger partial charge in [0.1, 0.15) is 36.5 Å². The average molecular weight is 829 g/mol. The molecule has 3 atom stereocenters. The molecular weight excluding hydrogens is 753 g/mol. The van der Waals surface area contributed by atoms with Crippen LogP contribution in [-0.4, -0.2) is 88.0 Å². The first-order valence-corrected chi connectivity index (χ1v) is 21.1. The minimum Gasteiger partial charge on any atom is -0.459 e. The number of carbonyl (C=O) groups is 4. The van der Waals surface area contributed by atoms with Gasteiger partial charge in [-0.2, -0.15) is 0 Å². The van der Waals surface area contributed by atoms with E-state index in [2.05, 4.69) is 62.1 Å². The van der Waals surface area contributed by atoms with Crippen molar-refractivity contribution in [2.75, 3.05) is 19.8 Å². The summed E-state index contributed by atoms with van der Waals surface area (Å²) in [5.74, 6) is 0.521. The van der Waals surface area contributed by atoms with Crippen LogP contribution in [0.2, 0.25) is 0 Å². The van der Waals surface area contributed by atoms with E-state index in [0.717, 1.165) is 22.5 Å². The number of aryl methyl sites for hydroxylation is 2. The number of ketones is 2. The van der Waals surface area contributed by atoms with Gasteiger partial charge in [0.15, 0.2) is 17.9 Å². The molecule has 0 saturated heterocycles. The molecular formula is C46H76N4O9. The molecule has 2 aromatic rings. The third-order valence-corrected chi connectivity index (χ3v) is 8.31. The Morgan fingerprint density at radius 1 is 0.627 bits per heavy atom. The van der Waals surface area contributed by atoms with E-state index in [0.29, 0.717) is 69.6 Å². The molecule has 13 nitrogen and oxygen atoms in total. The highest BCUT2D eigenvalue weighted by molar-refractivity contribution is 5.80. The number of aromatic nitrogens is 2.